The van der Waals surface area contributed by atoms with Crippen molar-refractivity contribution < 1.29 is 24.2 Å². The van der Waals surface area contributed by atoms with Crippen molar-refractivity contribution in [3.05, 3.63) is 52.2 Å². The van der Waals surface area contributed by atoms with E-state index in [1.54, 1.807) is 33.9 Å². The number of ether oxygens (including phenoxy) is 1. The number of aromatic hydroxyl groups is 1. The Kier molecular flexibility index (Phi) is 5.15. The number of carbonyl (C=O) groups excluding carboxylic acids is 3. The zero-order valence-electron chi connectivity index (χ0n) is 15.0. The lowest BCUT2D eigenvalue weighted by Crippen LogP contribution is -2.53. The van der Waals surface area contributed by atoms with E-state index in [1.165, 1.54) is 23.5 Å². The van der Waals surface area contributed by atoms with Crippen molar-refractivity contribution in [2.45, 2.75) is 31.0 Å². The van der Waals surface area contributed by atoms with E-state index in [0.717, 1.165) is 5.56 Å². The highest BCUT2D eigenvalue weighted by Crippen LogP contribution is 2.28. The Morgan fingerprint density at radius 2 is 2.07 bits per heavy atom. The second-order valence-corrected chi connectivity index (χ2v) is 7.77. The predicted molar refractivity (Wildman–Crippen MR) is 102 cm³/mol. The highest BCUT2D eigenvalue weighted by molar-refractivity contribution is 7.08. The van der Waals surface area contributed by atoms with Crippen LogP contribution in [0.1, 0.15) is 22.3 Å². The monoisotopic (exact) mass is 400 g/mol. The topological polar surface area (TPSA) is 95.9 Å². The molecule has 28 heavy (non-hydrogen) atoms. The van der Waals surface area contributed by atoms with Gasteiger partial charge in [0.25, 0.3) is 5.91 Å². The molecule has 2 amide bonds. The number of hydrogen-bond acceptors (Lipinski definition) is 6. The van der Waals surface area contributed by atoms with Crippen molar-refractivity contribution >= 4 is 28.9 Å². The lowest BCUT2D eigenvalue weighted by Gasteiger charge is -2.27. The van der Waals surface area contributed by atoms with Gasteiger partial charge in [-0.1, -0.05) is 12.1 Å². The molecule has 3 unspecified atom stereocenters. The summed E-state index contributed by atoms with van der Waals surface area (Å²) in [5, 5.41) is 15.8. The van der Waals surface area contributed by atoms with E-state index in [9.17, 15) is 19.5 Å². The van der Waals surface area contributed by atoms with Crippen LogP contribution in [0.2, 0.25) is 0 Å². The highest BCUT2D eigenvalue weighted by atomic mass is 32.1. The summed E-state index contributed by atoms with van der Waals surface area (Å²) < 4.78 is 5.46. The fourth-order valence-electron chi connectivity index (χ4n) is 3.74. The van der Waals surface area contributed by atoms with Gasteiger partial charge in [0.1, 0.15) is 24.4 Å². The van der Waals surface area contributed by atoms with Gasteiger partial charge in [0.2, 0.25) is 5.91 Å². The van der Waals surface area contributed by atoms with Gasteiger partial charge < -0.3 is 20.1 Å². The Morgan fingerprint density at radius 3 is 2.79 bits per heavy atom. The third kappa shape index (κ3) is 3.65. The minimum absolute atomic E-state index is 0.0308. The number of likely N-dealkylation sites (tertiary alicyclic amines) is 1. The number of phenolic OH excluding ortho intramolecular Hbond substituents is 1. The smallest absolute Gasteiger partial charge is 0.252 e. The van der Waals surface area contributed by atoms with Crippen LogP contribution in [0.3, 0.4) is 0 Å². The molecule has 2 N–H and O–H groups in total. The standard InChI is InChI=1S/C20H20N2O5S/c23-14-3-1-12(2-4-14)9-15(21-19(25)13-6-8-28-11-13)20(26)22-7-5-17-18(22)16(24)10-27-17/h1-4,6,8,11,15,17-18,23H,5,7,9-10H2,(H,21,25). The molecule has 2 fully saturated rings. The number of hydrogen-bond donors (Lipinski definition) is 2. The normalized spacial score (nSPS) is 22.1. The molecule has 0 saturated carbocycles. The maximum absolute atomic E-state index is 13.3. The van der Waals surface area contributed by atoms with Crippen molar-refractivity contribution in [1.82, 2.24) is 10.2 Å². The van der Waals surface area contributed by atoms with E-state index >= 15 is 0 Å². The lowest BCUT2D eigenvalue weighted by molar-refractivity contribution is -0.138. The number of phenols is 1. The molecule has 0 radical (unpaired) electrons. The molecule has 0 aliphatic carbocycles. The molecule has 2 saturated heterocycles. The van der Waals surface area contributed by atoms with Crippen molar-refractivity contribution in [2.24, 2.45) is 0 Å². The van der Waals surface area contributed by atoms with Gasteiger partial charge in [0.05, 0.1) is 11.7 Å². The van der Waals surface area contributed by atoms with Crippen LogP contribution in [0.4, 0.5) is 0 Å². The van der Waals surface area contributed by atoms with E-state index in [4.69, 9.17) is 4.74 Å². The maximum Gasteiger partial charge on any atom is 0.252 e. The highest BCUT2D eigenvalue weighted by Gasteiger charge is 2.48. The minimum Gasteiger partial charge on any atom is -0.508 e. The first-order valence-electron chi connectivity index (χ1n) is 9.08. The molecule has 1 aromatic carbocycles. The zero-order chi connectivity index (χ0) is 19.7. The van der Waals surface area contributed by atoms with Crippen LogP contribution in [-0.4, -0.2) is 58.9 Å². The lowest BCUT2D eigenvalue weighted by atomic mass is 10.0. The molecule has 7 nitrogen and oxygen atoms in total. The van der Waals surface area contributed by atoms with Gasteiger partial charge in [-0.3, -0.25) is 14.4 Å². The molecule has 2 aliphatic rings. The molecule has 0 bridgehead atoms. The van der Waals surface area contributed by atoms with E-state index in [2.05, 4.69) is 5.32 Å². The van der Waals surface area contributed by atoms with Gasteiger partial charge >= 0.3 is 0 Å². The van der Waals surface area contributed by atoms with Crippen LogP contribution < -0.4 is 5.32 Å². The molecular formula is C20H20N2O5S. The second kappa shape index (κ2) is 7.73. The first-order valence-corrected chi connectivity index (χ1v) is 10.0. The summed E-state index contributed by atoms with van der Waals surface area (Å²) >= 11 is 1.40. The van der Waals surface area contributed by atoms with Crippen LogP contribution >= 0.6 is 11.3 Å². The average molecular weight is 400 g/mol. The third-order valence-corrected chi connectivity index (χ3v) is 5.84. The van der Waals surface area contributed by atoms with Gasteiger partial charge in [-0.25, -0.2) is 0 Å². The largest absolute Gasteiger partial charge is 0.508 e. The van der Waals surface area contributed by atoms with E-state index < -0.39 is 12.1 Å². The van der Waals surface area contributed by atoms with E-state index in [0.29, 0.717) is 18.5 Å². The number of nitrogens with one attached hydrogen (secondary N) is 1. The van der Waals surface area contributed by atoms with Crippen molar-refractivity contribution in [1.29, 1.82) is 0 Å². The third-order valence-electron chi connectivity index (χ3n) is 5.16. The molecule has 2 aromatic rings. The molecule has 1 aromatic heterocycles. The molecule has 146 valence electrons. The minimum atomic E-state index is -0.816. The van der Waals surface area contributed by atoms with Gasteiger partial charge in [-0.15, -0.1) is 0 Å². The zero-order valence-corrected chi connectivity index (χ0v) is 15.9. The van der Waals surface area contributed by atoms with Crippen LogP contribution in [-0.2, 0) is 20.7 Å². The van der Waals surface area contributed by atoms with Crippen LogP contribution in [0, 0.1) is 0 Å². The summed E-state index contributed by atoms with van der Waals surface area (Å²) in [6, 6.07) is 6.82. The summed E-state index contributed by atoms with van der Waals surface area (Å²) in [4.78, 5) is 39.5. The van der Waals surface area contributed by atoms with Gasteiger partial charge in [0.15, 0.2) is 5.78 Å². The van der Waals surface area contributed by atoms with Crippen LogP contribution in [0.25, 0.3) is 0 Å². The number of Topliss-reactive ketones (excluding diaryl/α,β-unsaturated/α-hetero) is 1. The predicted octanol–water partition coefficient (Wildman–Crippen LogP) is 1.36. The van der Waals surface area contributed by atoms with Crippen LogP contribution in [0.15, 0.2) is 41.1 Å². The number of rotatable bonds is 5. The molecule has 8 heteroatoms. The first-order chi connectivity index (χ1) is 13.5. The number of nitrogens with zero attached hydrogens (tertiary/aromatic N) is 1. The molecule has 2 aliphatic heterocycles. The number of amides is 2. The summed E-state index contributed by atoms with van der Waals surface area (Å²) in [5.74, 6) is -0.584. The fourth-order valence-corrected chi connectivity index (χ4v) is 4.38. The van der Waals surface area contributed by atoms with Gasteiger partial charge in [-0.2, -0.15) is 11.3 Å². The Labute approximate surface area is 165 Å². The van der Waals surface area contributed by atoms with E-state index in [1.807, 2.05) is 0 Å². The number of ketones is 1. The SMILES string of the molecule is O=C(NC(Cc1ccc(O)cc1)C(=O)N1CCC2OCC(=O)C21)c1ccsc1. The summed E-state index contributed by atoms with van der Waals surface area (Å²) in [6.07, 6.45) is 0.628. The Bertz CT molecular complexity index is 881. The Hall–Kier alpha value is -2.71. The maximum atomic E-state index is 13.3. The van der Waals surface area contributed by atoms with Gasteiger partial charge in [0, 0.05) is 18.3 Å². The summed E-state index contributed by atoms with van der Waals surface area (Å²) in [6.45, 7) is 0.462. The molecule has 4 rings (SSSR count). The number of benzene rings is 1. The number of thiophene rings is 1. The van der Waals surface area contributed by atoms with E-state index in [-0.39, 0.29) is 42.5 Å². The summed E-state index contributed by atoms with van der Waals surface area (Å²) in [7, 11) is 0. The molecule has 3 heterocycles. The Morgan fingerprint density at radius 1 is 1.29 bits per heavy atom. The van der Waals surface area contributed by atoms with Crippen molar-refractivity contribution in [3.8, 4) is 5.75 Å². The first kappa shape index (κ1) is 18.6. The number of carbonyl (C=O) groups is 3. The van der Waals surface area contributed by atoms with Crippen molar-refractivity contribution in [2.75, 3.05) is 13.2 Å². The average Bonchev–Trinajstić information content (AvgIpc) is 3.42. The van der Waals surface area contributed by atoms with Crippen LogP contribution in [0.5, 0.6) is 5.75 Å². The van der Waals surface area contributed by atoms with Gasteiger partial charge in [-0.05, 0) is 35.6 Å². The molecule has 0 spiro atoms. The van der Waals surface area contributed by atoms with Crippen molar-refractivity contribution in [3.63, 3.8) is 0 Å². The second-order valence-electron chi connectivity index (χ2n) is 6.99. The molecule has 3 atom stereocenters. The Balaban J connectivity index is 1.56. The quantitative estimate of drug-likeness (QED) is 0.790. The fraction of sp³-hybridized carbons (Fsp3) is 0.350. The summed E-state index contributed by atoms with van der Waals surface area (Å²) in [5.41, 5.74) is 1.29. The molecular weight excluding hydrogens is 380 g/mol. The number of fused-ring (bicyclic) bond motifs is 1.